The van der Waals surface area contributed by atoms with Crippen LogP contribution in [-0.2, 0) is 0 Å². The molecule has 0 aliphatic carbocycles. The molecule has 0 spiro atoms. The van der Waals surface area contributed by atoms with E-state index in [-0.39, 0.29) is 11.0 Å². The summed E-state index contributed by atoms with van der Waals surface area (Å²) in [4.78, 5) is 12.2. The van der Waals surface area contributed by atoms with E-state index in [1.807, 2.05) is 6.92 Å². The molecule has 2 N–H and O–H groups in total. The summed E-state index contributed by atoms with van der Waals surface area (Å²) in [6.45, 7) is 1.82. The van der Waals surface area contributed by atoms with Crippen LogP contribution in [0.3, 0.4) is 0 Å². The number of hydrogen-bond acceptors (Lipinski definition) is 6. The Kier molecular flexibility index (Phi) is 4.21. The molecule has 7 heteroatoms. The minimum absolute atomic E-state index is 0.0104. The third kappa shape index (κ3) is 3.22. The molecule has 0 saturated heterocycles. The van der Waals surface area contributed by atoms with Crippen LogP contribution in [0.2, 0.25) is 5.02 Å². The smallest absolute Gasteiger partial charge is 0.203 e. The molecule has 0 radical (unpaired) electrons. The van der Waals surface area contributed by atoms with E-state index in [2.05, 4.69) is 10.2 Å². The highest BCUT2D eigenvalue weighted by molar-refractivity contribution is 8.02. The number of nitrogen functional groups attached to an aromatic ring is 1. The number of benzene rings is 1. The molecule has 0 saturated carbocycles. The summed E-state index contributed by atoms with van der Waals surface area (Å²) in [5.74, 6) is 0.0104. The lowest BCUT2D eigenvalue weighted by molar-refractivity contribution is 0.0994. The van der Waals surface area contributed by atoms with Gasteiger partial charge in [0, 0.05) is 10.6 Å². The number of thioether (sulfide) groups is 1. The first-order valence-corrected chi connectivity index (χ1v) is 7.19. The zero-order valence-corrected chi connectivity index (χ0v) is 11.9. The van der Waals surface area contributed by atoms with Crippen LogP contribution in [0.15, 0.2) is 28.6 Å². The second kappa shape index (κ2) is 5.69. The van der Waals surface area contributed by atoms with Crippen LogP contribution in [0.25, 0.3) is 0 Å². The number of rotatable bonds is 4. The van der Waals surface area contributed by atoms with Crippen molar-refractivity contribution in [3.8, 4) is 0 Å². The van der Waals surface area contributed by atoms with Gasteiger partial charge in [-0.2, -0.15) is 0 Å². The molecule has 0 unspecified atom stereocenters. The van der Waals surface area contributed by atoms with E-state index in [1.165, 1.54) is 23.1 Å². The van der Waals surface area contributed by atoms with Crippen LogP contribution in [0.1, 0.15) is 17.3 Å². The Morgan fingerprint density at radius 2 is 2.28 bits per heavy atom. The van der Waals surface area contributed by atoms with Gasteiger partial charge < -0.3 is 5.73 Å². The number of nitrogens with zero attached hydrogens (tertiary/aromatic N) is 2. The van der Waals surface area contributed by atoms with Crippen LogP contribution in [0.4, 0.5) is 5.13 Å². The van der Waals surface area contributed by atoms with E-state index in [0.29, 0.717) is 20.1 Å². The molecular weight excluding hydrogens is 290 g/mol. The molecule has 0 amide bonds. The summed E-state index contributed by atoms with van der Waals surface area (Å²) >= 11 is 8.48. The number of halogens is 1. The summed E-state index contributed by atoms with van der Waals surface area (Å²) in [6, 6.07) is 6.91. The van der Waals surface area contributed by atoms with Crippen molar-refractivity contribution < 1.29 is 4.79 Å². The Morgan fingerprint density at radius 1 is 1.50 bits per heavy atom. The van der Waals surface area contributed by atoms with E-state index in [1.54, 1.807) is 24.3 Å². The van der Waals surface area contributed by atoms with Crippen molar-refractivity contribution in [2.45, 2.75) is 16.5 Å². The minimum atomic E-state index is -0.254. The molecule has 0 aliphatic heterocycles. The SMILES string of the molecule is C[C@H](Sc1nnc(N)s1)C(=O)c1cccc(Cl)c1. The van der Waals surface area contributed by atoms with Crippen molar-refractivity contribution in [3.63, 3.8) is 0 Å². The number of anilines is 1. The highest BCUT2D eigenvalue weighted by Crippen LogP contribution is 2.29. The van der Waals surface area contributed by atoms with Crippen molar-refractivity contribution in [1.82, 2.24) is 10.2 Å². The molecule has 94 valence electrons. The quantitative estimate of drug-likeness (QED) is 0.694. The predicted octanol–water partition coefficient (Wildman–Crippen LogP) is 3.14. The molecule has 0 fully saturated rings. The second-order valence-electron chi connectivity index (χ2n) is 3.54. The second-order valence-corrected chi connectivity index (χ2v) is 6.57. The van der Waals surface area contributed by atoms with E-state index in [9.17, 15) is 4.79 Å². The van der Waals surface area contributed by atoms with Crippen molar-refractivity contribution in [3.05, 3.63) is 34.9 Å². The van der Waals surface area contributed by atoms with Crippen LogP contribution < -0.4 is 5.73 Å². The van der Waals surface area contributed by atoms with Gasteiger partial charge >= 0.3 is 0 Å². The van der Waals surface area contributed by atoms with Crippen LogP contribution in [0, 0.1) is 0 Å². The Morgan fingerprint density at radius 3 is 2.89 bits per heavy atom. The predicted molar refractivity (Wildman–Crippen MR) is 75.4 cm³/mol. The zero-order valence-electron chi connectivity index (χ0n) is 9.46. The molecule has 0 bridgehead atoms. The van der Waals surface area contributed by atoms with Gasteiger partial charge in [-0.1, -0.05) is 46.8 Å². The lowest BCUT2D eigenvalue weighted by atomic mass is 10.1. The summed E-state index contributed by atoms with van der Waals surface area (Å²) in [6.07, 6.45) is 0. The van der Waals surface area contributed by atoms with E-state index in [4.69, 9.17) is 17.3 Å². The maximum atomic E-state index is 12.2. The first-order chi connectivity index (χ1) is 8.56. The Bertz CT molecular complexity index is 573. The Hall–Kier alpha value is -1.11. The normalized spacial score (nSPS) is 12.3. The largest absolute Gasteiger partial charge is 0.374 e. The van der Waals surface area contributed by atoms with Gasteiger partial charge in [0.2, 0.25) is 5.13 Å². The fourth-order valence-corrected chi connectivity index (χ4v) is 3.40. The highest BCUT2D eigenvalue weighted by atomic mass is 35.5. The average Bonchev–Trinajstić information content (AvgIpc) is 2.73. The van der Waals surface area contributed by atoms with Gasteiger partial charge in [-0.3, -0.25) is 4.79 Å². The van der Waals surface area contributed by atoms with Crippen LogP contribution in [0.5, 0.6) is 0 Å². The summed E-state index contributed by atoms with van der Waals surface area (Å²) in [5, 5.41) is 8.29. The Labute approximate surface area is 118 Å². The summed E-state index contributed by atoms with van der Waals surface area (Å²) in [7, 11) is 0. The molecule has 0 aliphatic rings. The molecule has 1 atom stereocenters. The third-order valence-corrected chi connectivity index (χ3v) is 4.35. The van der Waals surface area contributed by atoms with Gasteiger partial charge in [-0.15, -0.1) is 10.2 Å². The maximum absolute atomic E-state index is 12.2. The fraction of sp³-hybridized carbons (Fsp3) is 0.182. The summed E-state index contributed by atoms with van der Waals surface area (Å²) in [5.41, 5.74) is 6.09. The maximum Gasteiger partial charge on any atom is 0.203 e. The van der Waals surface area contributed by atoms with Gasteiger partial charge in [-0.25, -0.2) is 0 Å². The van der Waals surface area contributed by atoms with E-state index >= 15 is 0 Å². The topological polar surface area (TPSA) is 68.9 Å². The number of hydrogen-bond donors (Lipinski definition) is 1. The number of carbonyl (C=O) groups excluding carboxylic acids is 1. The molecule has 1 aromatic carbocycles. The molecule has 2 rings (SSSR count). The van der Waals surface area contributed by atoms with Gasteiger partial charge in [0.15, 0.2) is 10.1 Å². The number of ketones is 1. The highest BCUT2D eigenvalue weighted by Gasteiger charge is 2.18. The molecule has 18 heavy (non-hydrogen) atoms. The van der Waals surface area contributed by atoms with Gasteiger partial charge in [0.05, 0.1) is 5.25 Å². The lowest BCUT2D eigenvalue weighted by Crippen LogP contribution is -2.13. The third-order valence-electron chi connectivity index (χ3n) is 2.18. The van der Waals surface area contributed by atoms with E-state index in [0.717, 1.165) is 0 Å². The standard InChI is InChI=1S/C11H10ClN3OS2/c1-6(17-11-15-14-10(13)18-11)9(16)7-3-2-4-8(12)5-7/h2-6H,1H3,(H2,13,14)/t6-/m0/s1. The molecule has 1 heterocycles. The first-order valence-electron chi connectivity index (χ1n) is 5.11. The number of nitrogens with two attached hydrogens (primary N) is 1. The average molecular weight is 300 g/mol. The first kappa shape index (κ1) is 13.3. The van der Waals surface area contributed by atoms with Crippen LogP contribution in [-0.4, -0.2) is 21.2 Å². The van der Waals surface area contributed by atoms with Crippen molar-refractivity contribution >= 4 is 45.6 Å². The number of Topliss-reactive ketones (excluding diaryl/α,β-unsaturated/α-hetero) is 1. The van der Waals surface area contributed by atoms with Crippen molar-refractivity contribution in [1.29, 1.82) is 0 Å². The van der Waals surface area contributed by atoms with Crippen molar-refractivity contribution in [2.75, 3.05) is 5.73 Å². The Balaban J connectivity index is 2.09. The fourth-order valence-electron chi connectivity index (χ4n) is 1.35. The van der Waals surface area contributed by atoms with Gasteiger partial charge in [-0.05, 0) is 19.1 Å². The van der Waals surface area contributed by atoms with Gasteiger partial charge in [0.1, 0.15) is 0 Å². The number of carbonyl (C=O) groups is 1. The summed E-state index contributed by atoms with van der Waals surface area (Å²) < 4.78 is 0.690. The number of aromatic nitrogens is 2. The van der Waals surface area contributed by atoms with Gasteiger partial charge in [0.25, 0.3) is 0 Å². The molecule has 2 aromatic rings. The van der Waals surface area contributed by atoms with Crippen LogP contribution >= 0.6 is 34.7 Å². The molecular formula is C11H10ClN3OS2. The van der Waals surface area contributed by atoms with E-state index < -0.39 is 0 Å². The molecule has 4 nitrogen and oxygen atoms in total. The monoisotopic (exact) mass is 299 g/mol. The molecule has 1 aromatic heterocycles. The zero-order chi connectivity index (χ0) is 13.1. The van der Waals surface area contributed by atoms with Crippen molar-refractivity contribution in [2.24, 2.45) is 0 Å². The minimum Gasteiger partial charge on any atom is -0.374 e. The lowest BCUT2D eigenvalue weighted by Gasteiger charge is -2.07.